The summed E-state index contributed by atoms with van der Waals surface area (Å²) in [6, 6.07) is 5.24. The van der Waals surface area contributed by atoms with Gasteiger partial charge in [-0.3, -0.25) is 0 Å². The molecule has 3 rings (SSSR count). The maximum atomic E-state index is 13.1. The maximum absolute atomic E-state index is 13.1. The van der Waals surface area contributed by atoms with E-state index in [0.717, 1.165) is 26.8 Å². The normalized spacial score (nSPS) is 14.8. The van der Waals surface area contributed by atoms with Gasteiger partial charge in [0, 0.05) is 16.3 Å². The van der Waals surface area contributed by atoms with Gasteiger partial charge in [0.1, 0.15) is 11.6 Å². The molecule has 0 atom stereocenters. The van der Waals surface area contributed by atoms with Crippen LogP contribution in [0.3, 0.4) is 0 Å². The number of benzene rings is 1. The molecule has 4 nitrogen and oxygen atoms in total. The van der Waals surface area contributed by atoms with Gasteiger partial charge < -0.3 is 10.3 Å². The van der Waals surface area contributed by atoms with Gasteiger partial charge >= 0.3 is 0 Å². The summed E-state index contributed by atoms with van der Waals surface area (Å²) in [5.41, 5.74) is 6.73. The van der Waals surface area contributed by atoms with Crippen LogP contribution in [0.25, 0.3) is 0 Å². The highest BCUT2D eigenvalue weighted by Crippen LogP contribution is 2.39. The molecule has 1 saturated carbocycles. The number of thioether (sulfide) groups is 1. The zero-order valence-corrected chi connectivity index (χ0v) is 13.1. The van der Waals surface area contributed by atoms with E-state index in [1.54, 1.807) is 17.8 Å². The van der Waals surface area contributed by atoms with Crippen LogP contribution in [0.1, 0.15) is 30.3 Å². The van der Waals surface area contributed by atoms with Crippen molar-refractivity contribution in [3.8, 4) is 0 Å². The molecule has 1 aliphatic carbocycles. The van der Waals surface area contributed by atoms with Crippen molar-refractivity contribution in [2.24, 2.45) is 5.73 Å². The summed E-state index contributed by atoms with van der Waals surface area (Å²) in [4.78, 5) is 0. The number of halogens is 2. The predicted molar refractivity (Wildman–Crippen MR) is 79.8 cm³/mol. The van der Waals surface area contributed by atoms with Crippen molar-refractivity contribution in [1.82, 2.24) is 14.8 Å². The summed E-state index contributed by atoms with van der Waals surface area (Å²) in [5, 5.41) is 9.25. The number of aromatic nitrogens is 3. The number of rotatable bonds is 5. The smallest absolute Gasteiger partial charge is 0.191 e. The van der Waals surface area contributed by atoms with Crippen molar-refractivity contribution in [2.75, 3.05) is 0 Å². The van der Waals surface area contributed by atoms with Crippen LogP contribution in [0.5, 0.6) is 0 Å². The van der Waals surface area contributed by atoms with Crippen LogP contribution < -0.4 is 5.73 Å². The van der Waals surface area contributed by atoms with E-state index in [-0.39, 0.29) is 5.82 Å². The zero-order chi connectivity index (χ0) is 14.1. The molecule has 0 unspecified atom stereocenters. The number of hydrogen-bond donors (Lipinski definition) is 1. The SMILES string of the molecule is NCc1nnc(SCc2ccc(F)cc2Br)n1C1CC1. The third-order valence-corrected chi connectivity index (χ3v) is 4.93. The van der Waals surface area contributed by atoms with Gasteiger partial charge in [-0.1, -0.05) is 33.8 Å². The van der Waals surface area contributed by atoms with Crippen molar-refractivity contribution < 1.29 is 4.39 Å². The Labute approximate surface area is 129 Å². The lowest BCUT2D eigenvalue weighted by atomic mass is 10.2. The summed E-state index contributed by atoms with van der Waals surface area (Å²) < 4.78 is 16.0. The Morgan fingerprint density at radius 1 is 1.40 bits per heavy atom. The average Bonchev–Trinajstić information content (AvgIpc) is 3.18. The molecule has 20 heavy (non-hydrogen) atoms. The number of nitrogens with two attached hydrogens (primary N) is 1. The van der Waals surface area contributed by atoms with Crippen LogP contribution in [0.2, 0.25) is 0 Å². The second-order valence-corrected chi connectivity index (χ2v) is 6.53. The molecule has 0 radical (unpaired) electrons. The van der Waals surface area contributed by atoms with Gasteiger partial charge in [0.25, 0.3) is 0 Å². The maximum Gasteiger partial charge on any atom is 0.191 e. The molecule has 1 aliphatic rings. The first kappa shape index (κ1) is 14.0. The largest absolute Gasteiger partial charge is 0.324 e. The molecule has 2 N–H and O–H groups in total. The van der Waals surface area contributed by atoms with Crippen molar-refractivity contribution in [3.63, 3.8) is 0 Å². The Bertz CT molecular complexity index is 627. The quantitative estimate of drug-likeness (QED) is 0.835. The Kier molecular flexibility index (Phi) is 4.09. The molecule has 2 aromatic rings. The van der Waals surface area contributed by atoms with Crippen molar-refractivity contribution in [3.05, 3.63) is 39.9 Å². The summed E-state index contributed by atoms with van der Waals surface area (Å²) >= 11 is 4.99. The third-order valence-electron chi connectivity index (χ3n) is 3.20. The molecule has 0 saturated heterocycles. The average molecular weight is 357 g/mol. The van der Waals surface area contributed by atoms with Gasteiger partial charge in [-0.05, 0) is 30.5 Å². The van der Waals surface area contributed by atoms with E-state index in [1.807, 2.05) is 0 Å². The monoisotopic (exact) mass is 356 g/mol. The Balaban J connectivity index is 1.76. The van der Waals surface area contributed by atoms with Crippen molar-refractivity contribution in [1.29, 1.82) is 0 Å². The van der Waals surface area contributed by atoms with Gasteiger partial charge in [0.15, 0.2) is 5.16 Å². The molecule has 1 heterocycles. The summed E-state index contributed by atoms with van der Waals surface area (Å²) in [7, 11) is 0. The summed E-state index contributed by atoms with van der Waals surface area (Å²) in [6.45, 7) is 0.407. The van der Waals surface area contributed by atoms with Crippen LogP contribution in [0, 0.1) is 5.82 Å². The second kappa shape index (κ2) is 5.83. The van der Waals surface area contributed by atoms with Crippen LogP contribution >= 0.6 is 27.7 Å². The lowest BCUT2D eigenvalue weighted by molar-refractivity contribution is 0.625. The second-order valence-electron chi connectivity index (χ2n) is 4.73. The molecule has 0 amide bonds. The molecule has 7 heteroatoms. The number of hydrogen-bond acceptors (Lipinski definition) is 4. The number of nitrogens with zero attached hydrogens (tertiary/aromatic N) is 3. The molecule has 1 aromatic carbocycles. The van der Waals surface area contributed by atoms with Gasteiger partial charge in [-0.15, -0.1) is 10.2 Å². The molecular weight excluding hydrogens is 343 g/mol. The molecule has 1 aromatic heterocycles. The van der Waals surface area contributed by atoms with Gasteiger partial charge in [-0.25, -0.2) is 4.39 Å². The van der Waals surface area contributed by atoms with Gasteiger partial charge in [-0.2, -0.15) is 0 Å². The minimum Gasteiger partial charge on any atom is -0.324 e. The van der Waals surface area contributed by atoms with Crippen molar-refractivity contribution in [2.45, 2.75) is 36.3 Å². The van der Waals surface area contributed by atoms with Crippen LogP contribution in [0.4, 0.5) is 4.39 Å². The lowest BCUT2D eigenvalue weighted by Crippen LogP contribution is -2.08. The Morgan fingerprint density at radius 3 is 2.85 bits per heavy atom. The fourth-order valence-corrected chi connectivity index (χ4v) is 3.73. The van der Waals surface area contributed by atoms with Crippen LogP contribution in [0.15, 0.2) is 27.8 Å². The fourth-order valence-electron chi connectivity index (χ4n) is 2.03. The minimum atomic E-state index is -0.239. The zero-order valence-electron chi connectivity index (χ0n) is 10.7. The van der Waals surface area contributed by atoms with E-state index >= 15 is 0 Å². The van der Waals surface area contributed by atoms with E-state index in [2.05, 4.69) is 30.7 Å². The first-order valence-electron chi connectivity index (χ1n) is 6.39. The van der Waals surface area contributed by atoms with Crippen LogP contribution in [-0.4, -0.2) is 14.8 Å². The highest BCUT2D eigenvalue weighted by molar-refractivity contribution is 9.10. The lowest BCUT2D eigenvalue weighted by Gasteiger charge is -2.08. The molecule has 106 valence electrons. The highest BCUT2D eigenvalue weighted by Gasteiger charge is 2.29. The topological polar surface area (TPSA) is 56.7 Å². The van der Waals surface area contributed by atoms with E-state index in [4.69, 9.17) is 5.73 Å². The first-order valence-corrected chi connectivity index (χ1v) is 8.17. The van der Waals surface area contributed by atoms with E-state index in [1.165, 1.54) is 25.0 Å². The molecule has 0 bridgehead atoms. The molecule has 0 aliphatic heterocycles. The highest BCUT2D eigenvalue weighted by atomic mass is 79.9. The Morgan fingerprint density at radius 2 is 2.20 bits per heavy atom. The molecule has 1 fully saturated rings. The van der Waals surface area contributed by atoms with E-state index in [9.17, 15) is 4.39 Å². The summed E-state index contributed by atoms with van der Waals surface area (Å²) in [5.74, 6) is 1.32. The minimum absolute atomic E-state index is 0.239. The first-order chi connectivity index (χ1) is 9.69. The van der Waals surface area contributed by atoms with E-state index < -0.39 is 0 Å². The molecule has 0 spiro atoms. The summed E-state index contributed by atoms with van der Waals surface area (Å²) in [6.07, 6.45) is 2.33. The van der Waals surface area contributed by atoms with Gasteiger partial charge in [0.2, 0.25) is 0 Å². The standard InChI is InChI=1S/C13H14BrFN4S/c14-11-5-9(15)2-1-8(11)7-20-13-18-17-12(6-16)19(13)10-3-4-10/h1-2,5,10H,3-4,6-7,16H2. The predicted octanol–water partition coefficient (Wildman–Crippen LogP) is 3.27. The fraction of sp³-hybridized carbons (Fsp3) is 0.385. The van der Waals surface area contributed by atoms with Gasteiger partial charge in [0.05, 0.1) is 6.54 Å². The van der Waals surface area contributed by atoms with Crippen LogP contribution in [-0.2, 0) is 12.3 Å². The molecular formula is C13H14BrFN4S. The Hall–Kier alpha value is -0.920. The third kappa shape index (κ3) is 2.89. The van der Waals surface area contributed by atoms with E-state index in [0.29, 0.717) is 12.6 Å². The van der Waals surface area contributed by atoms with Crippen molar-refractivity contribution >= 4 is 27.7 Å².